The van der Waals surface area contributed by atoms with Gasteiger partial charge in [-0.3, -0.25) is 0 Å². The Kier molecular flexibility index (Phi) is 2.78. The molecule has 12 heavy (non-hydrogen) atoms. The van der Waals surface area contributed by atoms with Gasteiger partial charge in [-0.2, -0.15) is 10.0 Å². The van der Waals surface area contributed by atoms with Crippen molar-refractivity contribution in [3.05, 3.63) is 41.1 Å². The lowest BCUT2D eigenvalue weighted by Gasteiger charge is -2.24. The molecule has 0 saturated heterocycles. The topological polar surface area (TPSA) is 52.5 Å². The lowest BCUT2D eigenvalue weighted by molar-refractivity contribution is -1.20. The van der Waals surface area contributed by atoms with Gasteiger partial charge in [-0.1, -0.05) is 35.3 Å². The first-order chi connectivity index (χ1) is 5.58. The summed E-state index contributed by atoms with van der Waals surface area (Å²) in [7, 11) is 1.00. The minimum Gasteiger partial charge on any atom is -0.564 e. The maximum Gasteiger partial charge on any atom is 0.136 e. The van der Waals surface area contributed by atoms with E-state index in [2.05, 4.69) is 4.84 Å². The third kappa shape index (κ3) is 3.45. The third-order valence-electron chi connectivity index (χ3n) is 1.31. The second-order valence-corrected chi connectivity index (χ2v) is 2.56. The molecule has 0 amide bonds. The average Bonchev–Trinajstić information content (AvgIpc) is 2.02. The summed E-state index contributed by atoms with van der Waals surface area (Å²) in [6.45, 7) is 0.108. The summed E-state index contributed by atoms with van der Waals surface area (Å²) in [4.78, 5) is 2.84. The van der Waals surface area contributed by atoms with Crippen LogP contribution < -0.4 is 0 Å². The second-order valence-electron chi connectivity index (χ2n) is 2.56. The van der Waals surface area contributed by atoms with Crippen molar-refractivity contribution in [2.75, 3.05) is 7.05 Å². The third-order valence-corrected chi connectivity index (χ3v) is 1.31. The van der Waals surface area contributed by atoms with E-state index in [4.69, 9.17) is 5.21 Å². The van der Waals surface area contributed by atoms with Gasteiger partial charge in [0.05, 0.1) is 0 Å². The zero-order chi connectivity index (χ0) is 9.03. The molecule has 0 saturated carbocycles. The summed E-state index contributed by atoms with van der Waals surface area (Å²) in [6, 6.07) is 9.18. The molecule has 0 spiro atoms. The summed E-state index contributed by atoms with van der Waals surface area (Å²) in [5, 5.41) is 19.2. The first-order valence-corrected chi connectivity index (χ1v) is 3.57. The minimum absolute atomic E-state index is 0.108. The molecular weight excluding hydrogens is 158 g/mol. The van der Waals surface area contributed by atoms with E-state index in [0.717, 1.165) is 12.6 Å². The Bertz CT molecular complexity index is 230. The fourth-order valence-electron chi connectivity index (χ4n) is 0.769. The summed E-state index contributed by atoms with van der Waals surface area (Å²) >= 11 is 0. The maximum atomic E-state index is 10.5. The molecule has 1 atom stereocenters. The predicted octanol–water partition coefficient (Wildman–Crippen LogP) is 1.45. The van der Waals surface area contributed by atoms with Gasteiger partial charge in [0.2, 0.25) is 0 Å². The van der Waals surface area contributed by atoms with Gasteiger partial charge in [-0.15, -0.1) is 0 Å². The lowest BCUT2D eigenvalue weighted by atomic mass is 10.2. The van der Waals surface area contributed by atoms with Crippen LogP contribution >= 0.6 is 0 Å². The highest BCUT2D eigenvalue weighted by molar-refractivity contribution is 5.13. The molecule has 66 valence electrons. The highest BCUT2D eigenvalue weighted by Gasteiger charge is 2.05. The van der Waals surface area contributed by atoms with Crippen molar-refractivity contribution in [3.8, 4) is 0 Å². The van der Waals surface area contributed by atoms with Crippen LogP contribution in [0.15, 0.2) is 30.3 Å². The van der Waals surface area contributed by atoms with Gasteiger partial charge in [-0.25, -0.2) is 0 Å². The van der Waals surface area contributed by atoms with Gasteiger partial charge in [0.15, 0.2) is 0 Å². The van der Waals surface area contributed by atoms with E-state index >= 15 is 0 Å². The second kappa shape index (κ2) is 3.64. The fraction of sp³-hybridized carbons (Fsp3) is 0.250. The van der Waals surface area contributed by atoms with E-state index in [0.29, 0.717) is 0 Å². The Labute approximate surface area is 70.7 Å². The number of rotatable bonds is 3. The van der Waals surface area contributed by atoms with E-state index in [9.17, 15) is 5.21 Å². The molecule has 0 aromatic heterocycles. The highest BCUT2D eigenvalue weighted by atomic mass is 17.1. The number of hydrogen-bond donors (Lipinski definition) is 1. The van der Waals surface area contributed by atoms with Crippen LogP contribution in [0.3, 0.4) is 0 Å². The molecule has 0 fully saturated rings. The Morgan fingerprint density at radius 2 is 2.00 bits per heavy atom. The van der Waals surface area contributed by atoms with E-state index in [1.807, 2.05) is 30.3 Å². The van der Waals surface area contributed by atoms with E-state index < -0.39 is 4.97 Å². The van der Waals surface area contributed by atoms with Gasteiger partial charge in [0.25, 0.3) is 0 Å². The quantitative estimate of drug-likeness (QED) is 0.550. The first-order valence-electron chi connectivity index (χ1n) is 3.57. The molecule has 1 aromatic rings. The summed E-state index contributed by atoms with van der Waals surface area (Å²) in [5.41, 5.74) is 0.853. The summed E-state index contributed by atoms with van der Waals surface area (Å²) < 4.78 is 0. The van der Waals surface area contributed by atoms with Crippen LogP contribution in [0, 0.1) is 5.21 Å². The van der Waals surface area contributed by atoms with Crippen LogP contribution in [-0.4, -0.2) is 17.2 Å². The molecule has 0 aliphatic heterocycles. The monoisotopic (exact) mass is 169 g/mol. The maximum absolute atomic E-state index is 10.5. The predicted molar refractivity (Wildman–Crippen MR) is 42.6 cm³/mol. The van der Waals surface area contributed by atoms with Crippen molar-refractivity contribution >= 4 is 0 Å². The fourth-order valence-corrected chi connectivity index (χ4v) is 0.769. The largest absolute Gasteiger partial charge is 0.564 e. The minimum atomic E-state index is -1.71. The molecule has 1 N–H and O–H groups in total. The van der Waals surface area contributed by atoms with Crippen LogP contribution in [0.4, 0.5) is 0 Å². The van der Waals surface area contributed by atoms with Crippen molar-refractivity contribution in [3.63, 3.8) is 0 Å². The van der Waals surface area contributed by atoms with Crippen molar-refractivity contribution in [1.29, 1.82) is 0 Å². The number of quaternary nitrogens is 1. The van der Waals surface area contributed by atoms with Gasteiger partial charge in [-0.05, 0) is 5.56 Å². The van der Waals surface area contributed by atoms with Gasteiger partial charge >= 0.3 is 0 Å². The average molecular weight is 169 g/mol. The van der Waals surface area contributed by atoms with Crippen molar-refractivity contribution in [2.45, 2.75) is 6.61 Å². The molecule has 1 rings (SSSR count). The molecule has 4 heteroatoms. The number of hydroxylamine groups is 3. The molecule has 4 nitrogen and oxygen atoms in total. The SMILES string of the molecule is C[N+]([O-])(O)OCc1ccccc1. The molecule has 1 aromatic carbocycles. The van der Waals surface area contributed by atoms with Crippen LogP contribution in [0.1, 0.15) is 5.56 Å². The lowest BCUT2D eigenvalue weighted by Crippen LogP contribution is -2.32. The molecule has 0 aliphatic rings. The van der Waals surface area contributed by atoms with E-state index in [-0.39, 0.29) is 6.61 Å². The van der Waals surface area contributed by atoms with Crippen molar-refractivity contribution < 1.29 is 15.0 Å². The van der Waals surface area contributed by atoms with Crippen LogP contribution in [0.2, 0.25) is 0 Å². The highest BCUT2D eigenvalue weighted by Crippen LogP contribution is 2.04. The van der Waals surface area contributed by atoms with Crippen molar-refractivity contribution in [2.24, 2.45) is 0 Å². The number of benzene rings is 1. The first kappa shape index (κ1) is 9.15. The van der Waals surface area contributed by atoms with Crippen LogP contribution in [0.5, 0.6) is 0 Å². The Morgan fingerprint density at radius 1 is 1.42 bits per heavy atom. The van der Waals surface area contributed by atoms with E-state index in [1.165, 1.54) is 0 Å². The van der Waals surface area contributed by atoms with Gasteiger partial charge in [0, 0.05) is 0 Å². The van der Waals surface area contributed by atoms with E-state index in [1.54, 1.807) is 0 Å². The Balaban J connectivity index is 2.44. The van der Waals surface area contributed by atoms with Crippen LogP contribution in [0.25, 0.3) is 0 Å². The molecule has 1 unspecified atom stereocenters. The number of nitrogens with zero attached hydrogens (tertiary/aromatic N) is 1. The summed E-state index contributed by atoms with van der Waals surface area (Å²) in [6.07, 6.45) is 0. The molecule has 0 aliphatic carbocycles. The van der Waals surface area contributed by atoms with Gasteiger partial charge < -0.3 is 5.21 Å². The summed E-state index contributed by atoms with van der Waals surface area (Å²) in [5.74, 6) is 0. The zero-order valence-electron chi connectivity index (χ0n) is 6.80. The normalized spacial score (nSPS) is 15.6. The molecule has 0 heterocycles. The zero-order valence-corrected chi connectivity index (χ0v) is 6.80. The van der Waals surface area contributed by atoms with Crippen LogP contribution in [-0.2, 0) is 11.4 Å². The van der Waals surface area contributed by atoms with Crippen molar-refractivity contribution in [1.82, 2.24) is 0 Å². The molecule has 0 radical (unpaired) electrons. The standard InChI is InChI=1S/C8H11NO3/c1-9(10,11)12-7-8-5-3-2-4-6-8/h2-6,10H,7H2,1H3. The molecule has 0 bridgehead atoms. The van der Waals surface area contributed by atoms with Gasteiger partial charge in [0.1, 0.15) is 13.7 Å². The smallest absolute Gasteiger partial charge is 0.136 e. The Hall–Kier alpha value is -0.940. The Morgan fingerprint density at radius 3 is 2.50 bits per heavy atom. The number of hydrogen-bond acceptors (Lipinski definition) is 3. The molecular formula is C8H11NO3.